The number of H-pyrrole nitrogens is 1. The van der Waals surface area contributed by atoms with E-state index in [4.69, 9.17) is 9.47 Å². The second-order valence-corrected chi connectivity index (χ2v) is 7.20. The maximum Gasteiger partial charge on any atom is 0.234 e. The molecule has 0 unspecified atom stereocenters. The molecule has 7 nitrogen and oxygen atoms in total. The van der Waals surface area contributed by atoms with Gasteiger partial charge in [-0.05, 0) is 23.6 Å². The number of amides is 1. The zero-order chi connectivity index (χ0) is 17.1. The van der Waals surface area contributed by atoms with Crippen LogP contribution in [0.15, 0.2) is 40.9 Å². The van der Waals surface area contributed by atoms with Gasteiger partial charge in [0.15, 0.2) is 11.5 Å². The summed E-state index contributed by atoms with van der Waals surface area (Å²) in [5.41, 5.74) is 0.670. The number of hydrogen-bond donors (Lipinski definition) is 2. The number of benzene rings is 1. The van der Waals surface area contributed by atoms with Crippen molar-refractivity contribution in [1.29, 1.82) is 0 Å². The number of aromatic nitrogens is 3. The third-order valence-corrected chi connectivity index (χ3v) is 5.15. The van der Waals surface area contributed by atoms with Gasteiger partial charge in [-0.25, -0.2) is 4.98 Å². The summed E-state index contributed by atoms with van der Waals surface area (Å²) in [5, 5.41) is 12.5. The first-order chi connectivity index (χ1) is 12.3. The standard InChI is InChI=1S/C16H14N4O3S2/c21-15(17-10-3-4-12-13(6-10)23-9-22-12)8-25-16-18-14(19-20-16)7-11-2-1-5-24-11/h1-6H,7-9H2,(H,17,21)(H,18,19,20). The smallest absolute Gasteiger partial charge is 0.234 e. The number of anilines is 1. The van der Waals surface area contributed by atoms with Crippen LogP contribution in [0, 0.1) is 0 Å². The summed E-state index contributed by atoms with van der Waals surface area (Å²) >= 11 is 2.97. The first kappa shape index (κ1) is 16.0. The minimum absolute atomic E-state index is 0.131. The molecule has 1 amide bonds. The molecule has 1 aliphatic rings. The van der Waals surface area contributed by atoms with Crippen LogP contribution in [0.2, 0.25) is 0 Å². The first-order valence-electron chi connectivity index (χ1n) is 7.52. The average Bonchev–Trinajstić information content (AvgIpc) is 3.35. The molecule has 0 atom stereocenters. The quantitative estimate of drug-likeness (QED) is 0.645. The van der Waals surface area contributed by atoms with Crippen molar-refractivity contribution in [1.82, 2.24) is 15.2 Å². The summed E-state index contributed by atoms with van der Waals surface area (Å²) in [7, 11) is 0. The molecular formula is C16H14N4O3S2. The number of thioether (sulfide) groups is 1. The average molecular weight is 374 g/mol. The fourth-order valence-corrected chi connectivity index (χ4v) is 3.63. The number of ether oxygens (including phenoxy) is 2. The molecule has 0 bridgehead atoms. The number of rotatable bonds is 6. The molecule has 2 N–H and O–H groups in total. The topological polar surface area (TPSA) is 89.1 Å². The van der Waals surface area contributed by atoms with Crippen molar-refractivity contribution in [3.63, 3.8) is 0 Å². The van der Waals surface area contributed by atoms with Crippen LogP contribution in [0.3, 0.4) is 0 Å². The highest BCUT2D eigenvalue weighted by Crippen LogP contribution is 2.34. The number of carbonyl (C=O) groups excluding carboxylic acids is 1. The molecule has 0 fully saturated rings. The van der Waals surface area contributed by atoms with Gasteiger partial charge in [-0.2, -0.15) is 0 Å². The predicted molar refractivity (Wildman–Crippen MR) is 95.4 cm³/mol. The van der Waals surface area contributed by atoms with Crippen molar-refractivity contribution < 1.29 is 14.3 Å². The number of hydrogen-bond acceptors (Lipinski definition) is 7. The van der Waals surface area contributed by atoms with E-state index in [0.717, 1.165) is 5.82 Å². The van der Waals surface area contributed by atoms with Crippen molar-refractivity contribution in [2.45, 2.75) is 11.6 Å². The molecule has 0 aliphatic carbocycles. The Morgan fingerprint density at radius 1 is 1.32 bits per heavy atom. The monoisotopic (exact) mass is 374 g/mol. The molecule has 9 heteroatoms. The molecule has 128 valence electrons. The van der Waals surface area contributed by atoms with E-state index in [1.54, 1.807) is 29.5 Å². The van der Waals surface area contributed by atoms with Crippen molar-refractivity contribution in [3.05, 3.63) is 46.4 Å². The zero-order valence-corrected chi connectivity index (χ0v) is 14.7. The molecule has 1 aromatic carbocycles. The van der Waals surface area contributed by atoms with Crippen LogP contribution >= 0.6 is 23.1 Å². The van der Waals surface area contributed by atoms with Crippen LogP contribution in [0.1, 0.15) is 10.7 Å². The molecule has 3 aromatic rings. The molecule has 25 heavy (non-hydrogen) atoms. The fraction of sp³-hybridized carbons (Fsp3) is 0.188. The SMILES string of the molecule is O=C(CSc1n[nH]c(Cc2cccs2)n1)Nc1ccc2c(c1)OCO2. The summed E-state index contributed by atoms with van der Waals surface area (Å²) in [6.45, 7) is 0.210. The zero-order valence-electron chi connectivity index (χ0n) is 13.0. The van der Waals surface area contributed by atoms with Crippen LogP contribution in [0.5, 0.6) is 11.5 Å². The fourth-order valence-electron chi connectivity index (χ4n) is 2.30. The predicted octanol–water partition coefficient (Wildman–Crippen LogP) is 2.92. The lowest BCUT2D eigenvalue weighted by Crippen LogP contribution is -2.14. The van der Waals surface area contributed by atoms with E-state index in [1.165, 1.54) is 16.6 Å². The van der Waals surface area contributed by atoms with Gasteiger partial charge in [-0.3, -0.25) is 9.89 Å². The van der Waals surface area contributed by atoms with Crippen LogP contribution in [0.25, 0.3) is 0 Å². The Bertz CT molecular complexity index is 879. The van der Waals surface area contributed by atoms with E-state index >= 15 is 0 Å². The van der Waals surface area contributed by atoms with Crippen LogP contribution in [-0.4, -0.2) is 33.6 Å². The summed E-state index contributed by atoms with van der Waals surface area (Å²) in [6.07, 6.45) is 0.717. The third kappa shape index (κ3) is 3.94. The number of nitrogens with zero attached hydrogens (tertiary/aromatic N) is 2. The van der Waals surface area contributed by atoms with Gasteiger partial charge in [0, 0.05) is 23.1 Å². The molecular weight excluding hydrogens is 360 g/mol. The van der Waals surface area contributed by atoms with Gasteiger partial charge in [0.2, 0.25) is 17.9 Å². The number of carbonyl (C=O) groups is 1. The number of aromatic amines is 1. The van der Waals surface area contributed by atoms with E-state index in [2.05, 4.69) is 26.6 Å². The van der Waals surface area contributed by atoms with Gasteiger partial charge < -0.3 is 14.8 Å². The summed E-state index contributed by atoms with van der Waals surface area (Å²) < 4.78 is 10.5. The normalized spacial score (nSPS) is 12.3. The van der Waals surface area contributed by atoms with Crippen molar-refractivity contribution >= 4 is 34.7 Å². The molecule has 0 radical (unpaired) electrons. The van der Waals surface area contributed by atoms with E-state index in [0.29, 0.717) is 28.8 Å². The van der Waals surface area contributed by atoms with Crippen molar-refractivity contribution in [3.8, 4) is 11.5 Å². The highest BCUT2D eigenvalue weighted by molar-refractivity contribution is 7.99. The van der Waals surface area contributed by atoms with Crippen LogP contribution < -0.4 is 14.8 Å². The highest BCUT2D eigenvalue weighted by Gasteiger charge is 2.14. The van der Waals surface area contributed by atoms with Gasteiger partial charge in [-0.15, -0.1) is 16.4 Å². The van der Waals surface area contributed by atoms with Gasteiger partial charge in [0.25, 0.3) is 0 Å². The molecule has 0 spiro atoms. The molecule has 0 saturated heterocycles. The van der Waals surface area contributed by atoms with E-state index in [9.17, 15) is 4.79 Å². The number of thiophene rings is 1. The highest BCUT2D eigenvalue weighted by atomic mass is 32.2. The van der Waals surface area contributed by atoms with Crippen molar-refractivity contribution in [2.24, 2.45) is 0 Å². The Morgan fingerprint density at radius 2 is 2.24 bits per heavy atom. The number of nitrogens with one attached hydrogen (secondary N) is 2. The van der Waals surface area contributed by atoms with Crippen LogP contribution in [0.4, 0.5) is 5.69 Å². The Kier molecular flexibility index (Phi) is 4.57. The van der Waals surface area contributed by atoms with E-state index in [1.807, 2.05) is 11.4 Å². The summed E-state index contributed by atoms with van der Waals surface area (Å²) in [4.78, 5) is 17.7. The second kappa shape index (κ2) is 7.16. The van der Waals surface area contributed by atoms with Gasteiger partial charge in [-0.1, -0.05) is 17.8 Å². The summed E-state index contributed by atoms with van der Waals surface area (Å²) in [5.74, 6) is 2.21. The van der Waals surface area contributed by atoms with E-state index < -0.39 is 0 Å². The van der Waals surface area contributed by atoms with Gasteiger partial charge >= 0.3 is 0 Å². The largest absolute Gasteiger partial charge is 0.454 e. The Labute approximate surface area is 151 Å². The maximum absolute atomic E-state index is 12.1. The lowest BCUT2D eigenvalue weighted by Gasteiger charge is -2.05. The minimum Gasteiger partial charge on any atom is -0.454 e. The second-order valence-electron chi connectivity index (χ2n) is 5.23. The Hall–Kier alpha value is -2.52. The minimum atomic E-state index is -0.131. The molecule has 3 heterocycles. The van der Waals surface area contributed by atoms with Gasteiger partial charge in [0.1, 0.15) is 5.82 Å². The van der Waals surface area contributed by atoms with E-state index in [-0.39, 0.29) is 18.5 Å². The van der Waals surface area contributed by atoms with Gasteiger partial charge in [0.05, 0.1) is 5.75 Å². The molecule has 2 aromatic heterocycles. The third-order valence-electron chi connectivity index (χ3n) is 3.42. The van der Waals surface area contributed by atoms with Crippen molar-refractivity contribution in [2.75, 3.05) is 17.9 Å². The Balaban J connectivity index is 1.29. The molecule has 1 aliphatic heterocycles. The lowest BCUT2D eigenvalue weighted by molar-refractivity contribution is -0.113. The van der Waals surface area contributed by atoms with Crippen LogP contribution in [-0.2, 0) is 11.2 Å². The molecule has 0 saturated carbocycles. The maximum atomic E-state index is 12.1. The molecule has 4 rings (SSSR count). The number of fused-ring (bicyclic) bond motifs is 1. The first-order valence-corrected chi connectivity index (χ1v) is 9.39. The Morgan fingerprint density at radius 3 is 3.12 bits per heavy atom. The lowest BCUT2D eigenvalue weighted by atomic mass is 10.3. The summed E-state index contributed by atoms with van der Waals surface area (Å²) in [6, 6.07) is 9.36.